The molecule has 0 saturated heterocycles. The molecular weight excluding hydrogens is 436 g/mol. The molecule has 7 nitrogen and oxygen atoms in total. The van der Waals surface area contributed by atoms with Gasteiger partial charge in [-0.15, -0.1) is 0 Å². The van der Waals surface area contributed by atoms with E-state index in [-0.39, 0.29) is 23.3 Å². The zero-order valence-electron chi connectivity index (χ0n) is 16.4. The molecule has 1 aromatic carbocycles. The largest absolute Gasteiger partial charge is 0.454 e. The maximum Gasteiger partial charge on any atom is 0.324 e. The second-order valence-electron chi connectivity index (χ2n) is 6.92. The van der Waals surface area contributed by atoms with E-state index < -0.39 is 28.6 Å². The average molecular weight is 463 g/mol. The lowest BCUT2D eigenvalue weighted by Gasteiger charge is -2.23. The third-order valence-corrected chi connectivity index (χ3v) is 7.02. The van der Waals surface area contributed by atoms with Gasteiger partial charge in [0.2, 0.25) is 10.0 Å². The van der Waals surface area contributed by atoms with Crippen LogP contribution in [0, 0.1) is 0 Å². The Morgan fingerprint density at radius 3 is 2.48 bits per heavy atom. The van der Waals surface area contributed by atoms with Gasteiger partial charge < -0.3 is 10.1 Å². The molecule has 0 heterocycles. The van der Waals surface area contributed by atoms with E-state index in [1.54, 1.807) is 0 Å². The minimum Gasteiger partial charge on any atom is -0.454 e. The fourth-order valence-corrected chi connectivity index (χ4v) is 4.90. The first kappa shape index (κ1) is 24.0. The SMILES string of the molecule is CSCC[C@H](NS(=O)(=O)c1ccc(Cl)cc1)C(=O)OCC(=O)NC1CCCCC1. The zero-order chi connectivity index (χ0) is 21.3. The van der Waals surface area contributed by atoms with E-state index in [9.17, 15) is 18.0 Å². The average Bonchev–Trinajstić information content (AvgIpc) is 2.70. The predicted molar refractivity (Wildman–Crippen MR) is 115 cm³/mol. The lowest BCUT2D eigenvalue weighted by Crippen LogP contribution is -2.44. The third-order valence-electron chi connectivity index (χ3n) is 4.63. The van der Waals surface area contributed by atoms with Crippen molar-refractivity contribution in [3.05, 3.63) is 29.3 Å². The van der Waals surface area contributed by atoms with E-state index in [0.717, 1.165) is 25.7 Å². The highest BCUT2D eigenvalue weighted by molar-refractivity contribution is 7.98. The van der Waals surface area contributed by atoms with Gasteiger partial charge in [-0.25, -0.2) is 8.42 Å². The summed E-state index contributed by atoms with van der Waals surface area (Å²) in [7, 11) is -3.93. The smallest absolute Gasteiger partial charge is 0.324 e. The molecule has 0 radical (unpaired) electrons. The number of hydrogen-bond donors (Lipinski definition) is 2. The van der Waals surface area contributed by atoms with Gasteiger partial charge in [0, 0.05) is 11.1 Å². The van der Waals surface area contributed by atoms with E-state index in [4.69, 9.17) is 16.3 Å². The van der Waals surface area contributed by atoms with Gasteiger partial charge in [0.25, 0.3) is 5.91 Å². The van der Waals surface area contributed by atoms with Crippen LogP contribution in [0.2, 0.25) is 5.02 Å². The van der Waals surface area contributed by atoms with Crippen LogP contribution in [0.1, 0.15) is 38.5 Å². The van der Waals surface area contributed by atoms with E-state index in [1.165, 1.54) is 42.4 Å². The summed E-state index contributed by atoms with van der Waals surface area (Å²) < 4.78 is 32.6. The van der Waals surface area contributed by atoms with Crippen LogP contribution in [0.3, 0.4) is 0 Å². The van der Waals surface area contributed by atoms with Crippen molar-refractivity contribution in [3.8, 4) is 0 Å². The van der Waals surface area contributed by atoms with Gasteiger partial charge in [-0.1, -0.05) is 30.9 Å². The van der Waals surface area contributed by atoms with Gasteiger partial charge in [0.1, 0.15) is 6.04 Å². The summed E-state index contributed by atoms with van der Waals surface area (Å²) in [5.74, 6) is -0.582. The molecule has 29 heavy (non-hydrogen) atoms. The Balaban J connectivity index is 1.94. The number of carbonyl (C=O) groups excluding carboxylic acids is 2. The number of hydrogen-bond acceptors (Lipinski definition) is 6. The molecule has 0 bridgehead atoms. The van der Waals surface area contributed by atoms with Crippen molar-refractivity contribution in [2.45, 2.75) is 55.5 Å². The van der Waals surface area contributed by atoms with Crippen LogP contribution in [0.4, 0.5) is 0 Å². The normalized spacial score (nSPS) is 16.2. The first-order valence-electron chi connectivity index (χ1n) is 9.54. The van der Waals surface area contributed by atoms with Gasteiger partial charge >= 0.3 is 5.97 Å². The monoisotopic (exact) mass is 462 g/mol. The number of ether oxygens (including phenoxy) is 1. The molecule has 162 valence electrons. The molecular formula is C19H27ClN2O5S2. The van der Waals surface area contributed by atoms with E-state index in [0.29, 0.717) is 10.8 Å². The summed E-state index contributed by atoms with van der Waals surface area (Å²) in [4.78, 5) is 24.5. The van der Waals surface area contributed by atoms with Crippen molar-refractivity contribution in [3.63, 3.8) is 0 Å². The fourth-order valence-electron chi connectivity index (χ4n) is 3.08. The Bertz CT molecular complexity index is 780. The Labute approximate surface area is 181 Å². The van der Waals surface area contributed by atoms with Crippen LogP contribution in [-0.2, 0) is 24.3 Å². The first-order valence-corrected chi connectivity index (χ1v) is 12.8. The van der Waals surface area contributed by atoms with Crippen LogP contribution in [0.5, 0.6) is 0 Å². The second-order valence-corrected chi connectivity index (χ2v) is 10.1. The molecule has 2 rings (SSSR count). The zero-order valence-corrected chi connectivity index (χ0v) is 18.7. The Kier molecular flexibility index (Phi) is 9.74. The molecule has 1 aliphatic rings. The summed E-state index contributed by atoms with van der Waals surface area (Å²) in [5, 5.41) is 3.27. The van der Waals surface area contributed by atoms with Gasteiger partial charge in [0.05, 0.1) is 4.90 Å². The standard InChI is InChI=1S/C19H27ClN2O5S2/c1-28-12-11-17(22-29(25,26)16-9-7-14(20)8-10-16)19(24)27-13-18(23)21-15-5-3-2-4-6-15/h7-10,15,17,22H,2-6,11-13H2,1H3,(H,21,23)/t17-/m0/s1. The molecule has 1 amide bonds. The highest BCUT2D eigenvalue weighted by Crippen LogP contribution is 2.17. The number of carbonyl (C=O) groups is 2. The number of amides is 1. The molecule has 1 fully saturated rings. The van der Waals surface area contributed by atoms with Gasteiger partial charge in [-0.05, 0) is 55.5 Å². The summed E-state index contributed by atoms with van der Waals surface area (Å²) in [6, 6.07) is 4.68. The first-order chi connectivity index (χ1) is 13.8. The number of nitrogens with one attached hydrogen (secondary N) is 2. The molecule has 0 spiro atoms. The van der Waals surface area contributed by atoms with Crippen molar-refractivity contribution in [2.24, 2.45) is 0 Å². The Hall–Kier alpha value is -1.29. The van der Waals surface area contributed by atoms with E-state index in [1.807, 2.05) is 6.26 Å². The summed E-state index contributed by atoms with van der Waals surface area (Å²) in [5.41, 5.74) is 0. The molecule has 0 unspecified atom stereocenters. The van der Waals surface area contributed by atoms with E-state index >= 15 is 0 Å². The van der Waals surface area contributed by atoms with Gasteiger partial charge in [-0.3, -0.25) is 9.59 Å². The van der Waals surface area contributed by atoms with Crippen LogP contribution in [0.25, 0.3) is 0 Å². The minimum absolute atomic E-state index is 0.00102. The Morgan fingerprint density at radius 1 is 1.21 bits per heavy atom. The molecule has 10 heteroatoms. The molecule has 1 aromatic rings. The topological polar surface area (TPSA) is 102 Å². The Morgan fingerprint density at radius 2 is 1.86 bits per heavy atom. The highest BCUT2D eigenvalue weighted by Gasteiger charge is 2.27. The third kappa shape index (κ3) is 8.16. The van der Waals surface area contributed by atoms with Gasteiger partial charge in [-0.2, -0.15) is 16.5 Å². The molecule has 0 aromatic heterocycles. The number of thioether (sulfide) groups is 1. The van der Waals surface area contributed by atoms with Crippen molar-refractivity contribution in [1.29, 1.82) is 0 Å². The summed E-state index contributed by atoms with van der Waals surface area (Å²) in [6.07, 6.45) is 7.28. The number of sulfonamides is 1. The van der Waals surface area contributed by atoms with Crippen molar-refractivity contribution >= 4 is 45.3 Å². The molecule has 1 saturated carbocycles. The van der Waals surface area contributed by atoms with Crippen LogP contribution in [-0.4, -0.2) is 51.0 Å². The van der Waals surface area contributed by atoms with E-state index in [2.05, 4.69) is 10.0 Å². The summed E-state index contributed by atoms with van der Waals surface area (Å²) in [6.45, 7) is -0.423. The van der Waals surface area contributed by atoms with Crippen LogP contribution < -0.4 is 10.0 Å². The fraction of sp³-hybridized carbons (Fsp3) is 0.579. The van der Waals surface area contributed by atoms with Crippen molar-refractivity contribution in [2.75, 3.05) is 18.6 Å². The predicted octanol–water partition coefficient (Wildman–Crippen LogP) is 2.73. The molecule has 1 aliphatic carbocycles. The molecule has 0 aliphatic heterocycles. The lowest BCUT2D eigenvalue weighted by atomic mass is 9.95. The van der Waals surface area contributed by atoms with Crippen molar-refractivity contribution < 1.29 is 22.7 Å². The highest BCUT2D eigenvalue weighted by atomic mass is 35.5. The maximum atomic E-state index is 12.6. The molecule has 2 N–H and O–H groups in total. The van der Waals surface area contributed by atoms with Crippen molar-refractivity contribution in [1.82, 2.24) is 10.0 Å². The molecule has 1 atom stereocenters. The number of rotatable bonds is 10. The second kappa shape index (κ2) is 11.8. The number of esters is 1. The minimum atomic E-state index is -3.93. The quantitative estimate of drug-likeness (QED) is 0.518. The summed E-state index contributed by atoms with van der Waals surface area (Å²) >= 11 is 7.28. The van der Waals surface area contributed by atoms with Crippen LogP contribution >= 0.6 is 23.4 Å². The van der Waals surface area contributed by atoms with Crippen LogP contribution in [0.15, 0.2) is 29.2 Å². The lowest BCUT2D eigenvalue weighted by molar-refractivity contribution is -0.150. The maximum absolute atomic E-state index is 12.6. The number of halogens is 1. The number of benzene rings is 1. The van der Waals surface area contributed by atoms with Gasteiger partial charge in [0.15, 0.2) is 6.61 Å².